The summed E-state index contributed by atoms with van der Waals surface area (Å²) in [6, 6.07) is 51.0. The fourth-order valence-corrected chi connectivity index (χ4v) is 8.73. The molecular weight excluding hydrogens is 565 g/mol. The van der Waals surface area contributed by atoms with E-state index in [0.29, 0.717) is 0 Å². The number of pyridine rings is 1. The molecule has 0 bridgehead atoms. The van der Waals surface area contributed by atoms with Gasteiger partial charge >= 0.3 is 0 Å². The van der Waals surface area contributed by atoms with Crippen LogP contribution in [0.5, 0.6) is 0 Å². The third kappa shape index (κ3) is 3.39. The maximum absolute atomic E-state index is 3.94. The van der Waals surface area contributed by atoms with Gasteiger partial charge in [0.15, 0.2) is 0 Å². The lowest BCUT2D eigenvalue weighted by Crippen LogP contribution is -2.09. The molecule has 0 fully saturated rings. The summed E-state index contributed by atoms with van der Waals surface area (Å²) < 4.78 is 5.16. The fraction of sp³-hybridized carbons (Fsp3) is 0. The van der Waals surface area contributed by atoms with E-state index < -0.39 is 0 Å². The van der Waals surface area contributed by atoms with Gasteiger partial charge in [0.25, 0.3) is 0 Å². The molecule has 10 aromatic rings. The molecule has 3 heterocycles. The molecule has 7 aromatic carbocycles. The van der Waals surface area contributed by atoms with Crippen molar-refractivity contribution in [1.82, 2.24) is 4.40 Å². The van der Waals surface area contributed by atoms with E-state index in [0.717, 1.165) is 22.6 Å². The van der Waals surface area contributed by atoms with Crippen LogP contribution in [0.1, 0.15) is 5.56 Å². The van der Waals surface area contributed by atoms with Crippen molar-refractivity contribution in [3.05, 3.63) is 152 Å². The molecule has 0 aliphatic rings. The molecule has 3 heteroatoms. The van der Waals surface area contributed by atoms with Gasteiger partial charge in [0.05, 0.1) is 21.3 Å². The number of hydrogen-bond acceptors (Lipinski definition) is 2. The molecular formula is C42H26N2S. The van der Waals surface area contributed by atoms with E-state index in [4.69, 9.17) is 0 Å². The first-order chi connectivity index (χ1) is 22.3. The smallest absolute Gasteiger partial charge is 0.0725 e. The van der Waals surface area contributed by atoms with Crippen LogP contribution in [0.2, 0.25) is 0 Å². The van der Waals surface area contributed by atoms with Crippen LogP contribution in [0.25, 0.3) is 75.1 Å². The van der Waals surface area contributed by atoms with Crippen molar-refractivity contribution < 1.29 is 0 Å². The average Bonchev–Trinajstić information content (AvgIpc) is 3.63. The van der Waals surface area contributed by atoms with E-state index in [-0.39, 0.29) is 0 Å². The Labute approximate surface area is 263 Å². The lowest BCUT2D eigenvalue weighted by molar-refractivity contribution is 1.29. The van der Waals surface area contributed by atoms with Gasteiger partial charge in [0.1, 0.15) is 0 Å². The first-order valence-electron chi connectivity index (χ1n) is 15.3. The molecule has 210 valence electrons. The fourth-order valence-electron chi connectivity index (χ4n) is 7.48. The molecule has 0 N–H and O–H groups in total. The number of nitrogens with zero attached hydrogens (tertiary/aromatic N) is 2. The second-order valence-electron chi connectivity index (χ2n) is 11.8. The zero-order valence-electron chi connectivity index (χ0n) is 24.4. The molecule has 0 amide bonds. The van der Waals surface area contributed by atoms with E-state index in [1.54, 1.807) is 0 Å². The zero-order valence-corrected chi connectivity index (χ0v) is 25.2. The summed E-state index contributed by atoms with van der Waals surface area (Å²) in [5, 5.41) is 10.5. The standard InChI is InChI=1S/C42H26N2S/c1-2-26-18-20-29(21-19-26)43(28-11-4-3-5-12-28)30-22-23-32-36-24-27-10-8-14-33-35-16-9-15-34-31-13-6-7-17-37(31)44(40(34)35)41(39(27)33)42(36)45-38(32)25-30/h2-25H,1H2. The number of rotatable bonds is 4. The minimum atomic E-state index is 1.11. The van der Waals surface area contributed by atoms with Gasteiger partial charge in [-0.05, 0) is 64.9 Å². The molecule has 0 saturated heterocycles. The molecule has 0 atom stereocenters. The molecule has 10 rings (SSSR count). The largest absolute Gasteiger partial charge is 0.310 e. The monoisotopic (exact) mass is 590 g/mol. The van der Waals surface area contributed by atoms with E-state index in [2.05, 4.69) is 155 Å². The van der Waals surface area contributed by atoms with Gasteiger partial charge in [0.2, 0.25) is 0 Å². The molecule has 2 nitrogen and oxygen atoms in total. The molecule has 0 aliphatic carbocycles. The number of hydrogen-bond donors (Lipinski definition) is 0. The second kappa shape index (κ2) is 9.18. The van der Waals surface area contributed by atoms with Crippen LogP contribution in [0.3, 0.4) is 0 Å². The van der Waals surface area contributed by atoms with Crippen LogP contribution < -0.4 is 4.90 Å². The van der Waals surface area contributed by atoms with E-state index in [9.17, 15) is 0 Å². The highest BCUT2D eigenvalue weighted by Crippen LogP contribution is 2.47. The highest BCUT2D eigenvalue weighted by Gasteiger charge is 2.21. The third-order valence-corrected chi connectivity index (χ3v) is 10.6. The van der Waals surface area contributed by atoms with Gasteiger partial charge in [0, 0.05) is 54.1 Å². The van der Waals surface area contributed by atoms with Gasteiger partial charge in [-0.15, -0.1) is 11.3 Å². The number of aromatic nitrogens is 1. The van der Waals surface area contributed by atoms with Crippen molar-refractivity contribution in [2.45, 2.75) is 0 Å². The second-order valence-corrected chi connectivity index (χ2v) is 12.9. The summed E-state index contributed by atoms with van der Waals surface area (Å²) in [6.07, 6.45) is 1.89. The molecule has 0 spiro atoms. The Morgan fingerprint density at radius 1 is 0.533 bits per heavy atom. The van der Waals surface area contributed by atoms with E-state index >= 15 is 0 Å². The quantitative estimate of drug-likeness (QED) is 0.146. The maximum atomic E-state index is 3.94. The van der Waals surface area contributed by atoms with Crippen LogP contribution in [0, 0.1) is 0 Å². The number of anilines is 3. The summed E-state index contributed by atoms with van der Waals surface area (Å²) in [5.74, 6) is 0. The summed E-state index contributed by atoms with van der Waals surface area (Å²) in [7, 11) is 0. The van der Waals surface area contributed by atoms with Crippen molar-refractivity contribution in [3.8, 4) is 0 Å². The van der Waals surface area contributed by atoms with Crippen LogP contribution in [-0.2, 0) is 0 Å². The highest BCUT2D eigenvalue weighted by molar-refractivity contribution is 7.26. The number of thiophene rings is 1. The van der Waals surface area contributed by atoms with Crippen molar-refractivity contribution in [2.24, 2.45) is 0 Å². The SMILES string of the molecule is C=Cc1ccc(N(c2ccccc2)c2ccc3c(c2)sc2c3cc3cccc4c5cccc6c7ccccc7n(c56)c2c34)cc1. The molecule has 3 aromatic heterocycles. The van der Waals surface area contributed by atoms with Crippen molar-refractivity contribution in [3.63, 3.8) is 0 Å². The summed E-state index contributed by atoms with van der Waals surface area (Å²) in [6.45, 7) is 3.94. The lowest BCUT2D eigenvalue weighted by atomic mass is 9.97. The minimum absolute atomic E-state index is 1.11. The summed E-state index contributed by atoms with van der Waals surface area (Å²) in [4.78, 5) is 2.34. The molecule has 0 unspecified atom stereocenters. The first kappa shape index (κ1) is 24.8. The Morgan fingerprint density at radius 3 is 2.07 bits per heavy atom. The molecule has 45 heavy (non-hydrogen) atoms. The normalized spacial score (nSPS) is 12.1. The van der Waals surface area contributed by atoms with Gasteiger partial charge in [-0.2, -0.15) is 0 Å². The molecule has 0 radical (unpaired) electrons. The van der Waals surface area contributed by atoms with Crippen molar-refractivity contribution in [1.29, 1.82) is 0 Å². The molecule has 0 aliphatic heterocycles. The Balaban J connectivity index is 1.32. The third-order valence-electron chi connectivity index (χ3n) is 9.43. The maximum Gasteiger partial charge on any atom is 0.0725 e. The topological polar surface area (TPSA) is 7.65 Å². The summed E-state index contributed by atoms with van der Waals surface area (Å²) in [5.41, 5.74) is 8.39. The predicted molar refractivity (Wildman–Crippen MR) is 196 cm³/mol. The Kier molecular flexibility index (Phi) is 5.05. The van der Waals surface area contributed by atoms with E-state index in [1.165, 1.54) is 69.0 Å². The number of para-hydroxylation sites is 3. The van der Waals surface area contributed by atoms with Gasteiger partial charge in [-0.25, -0.2) is 0 Å². The lowest BCUT2D eigenvalue weighted by Gasteiger charge is -2.25. The number of benzene rings is 7. The predicted octanol–water partition coefficient (Wildman–Crippen LogP) is 12.5. The van der Waals surface area contributed by atoms with Crippen LogP contribution in [0.4, 0.5) is 17.1 Å². The molecule has 0 saturated carbocycles. The van der Waals surface area contributed by atoms with Gasteiger partial charge < -0.3 is 9.30 Å². The Morgan fingerprint density at radius 2 is 1.22 bits per heavy atom. The average molecular weight is 591 g/mol. The van der Waals surface area contributed by atoms with Crippen LogP contribution >= 0.6 is 11.3 Å². The van der Waals surface area contributed by atoms with Crippen LogP contribution in [0.15, 0.2) is 146 Å². The Bertz CT molecular complexity index is 2770. The zero-order chi connectivity index (χ0) is 29.6. The van der Waals surface area contributed by atoms with Gasteiger partial charge in [-0.3, -0.25) is 0 Å². The highest BCUT2D eigenvalue weighted by atomic mass is 32.1. The minimum Gasteiger partial charge on any atom is -0.310 e. The summed E-state index contributed by atoms with van der Waals surface area (Å²) >= 11 is 1.91. The Hall–Kier alpha value is -5.64. The van der Waals surface area contributed by atoms with Crippen LogP contribution in [-0.4, -0.2) is 4.40 Å². The van der Waals surface area contributed by atoms with Crippen molar-refractivity contribution in [2.75, 3.05) is 4.90 Å². The number of fused-ring (bicyclic) bond motifs is 9. The van der Waals surface area contributed by atoms with E-state index in [1.807, 2.05) is 17.4 Å². The van der Waals surface area contributed by atoms with Crippen molar-refractivity contribution >= 4 is 104 Å². The first-order valence-corrected chi connectivity index (χ1v) is 16.1. The van der Waals surface area contributed by atoms with Gasteiger partial charge in [-0.1, -0.05) is 104 Å².